The molecule has 1 aromatic carbocycles. The van der Waals surface area contributed by atoms with E-state index in [2.05, 4.69) is 47.6 Å². The molecule has 3 rings (SSSR count). The average Bonchev–Trinajstić information content (AvgIpc) is 2.63. The number of piperidine rings is 1. The van der Waals surface area contributed by atoms with Crippen molar-refractivity contribution in [2.45, 2.75) is 50.4 Å². The van der Waals surface area contributed by atoms with Gasteiger partial charge in [-0.15, -0.1) is 0 Å². The molecule has 2 heterocycles. The second kappa shape index (κ2) is 4.79. The molecule has 17 heavy (non-hydrogen) atoms. The first-order valence-electron chi connectivity index (χ1n) is 6.84. The molecule has 0 amide bonds. The maximum atomic E-state index is 3.46. The first-order chi connectivity index (χ1) is 8.36. The number of fused-ring (bicyclic) bond motifs is 2. The monoisotopic (exact) mass is 230 g/mol. The van der Waals surface area contributed by atoms with Crippen LogP contribution in [0, 0.1) is 0 Å². The highest BCUT2D eigenvalue weighted by atomic mass is 15.2. The van der Waals surface area contributed by atoms with Crippen molar-refractivity contribution in [3.8, 4) is 0 Å². The summed E-state index contributed by atoms with van der Waals surface area (Å²) >= 11 is 0. The van der Waals surface area contributed by atoms with Gasteiger partial charge in [0.05, 0.1) is 0 Å². The summed E-state index contributed by atoms with van der Waals surface area (Å²) in [5.74, 6) is 0. The van der Waals surface area contributed by atoms with E-state index >= 15 is 0 Å². The Morgan fingerprint density at radius 3 is 2.35 bits per heavy atom. The van der Waals surface area contributed by atoms with E-state index in [-0.39, 0.29) is 0 Å². The molecular weight excluding hydrogens is 208 g/mol. The highest BCUT2D eigenvalue weighted by Crippen LogP contribution is 2.36. The van der Waals surface area contributed by atoms with E-state index < -0.39 is 0 Å². The molecular formula is C15H22N2. The number of hydrogen-bond donors (Lipinski definition) is 1. The van der Waals surface area contributed by atoms with E-state index in [9.17, 15) is 0 Å². The smallest absolute Gasteiger partial charge is 0.0239 e. The third kappa shape index (κ3) is 2.24. The minimum absolute atomic E-state index is 0.750. The van der Waals surface area contributed by atoms with Gasteiger partial charge in [0, 0.05) is 24.7 Å². The molecule has 1 N–H and O–H groups in total. The van der Waals surface area contributed by atoms with Crippen LogP contribution in [-0.4, -0.2) is 30.1 Å². The molecule has 0 saturated carbocycles. The second-order valence-corrected chi connectivity index (χ2v) is 5.50. The van der Waals surface area contributed by atoms with Gasteiger partial charge in [-0.05, 0) is 38.3 Å². The quantitative estimate of drug-likeness (QED) is 0.858. The summed E-state index contributed by atoms with van der Waals surface area (Å²) in [4.78, 5) is 2.74. The molecule has 92 valence electrons. The van der Waals surface area contributed by atoms with Gasteiger partial charge in [-0.3, -0.25) is 4.90 Å². The minimum Gasteiger partial charge on any atom is -0.317 e. The molecule has 1 aromatic rings. The second-order valence-electron chi connectivity index (χ2n) is 5.50. The van der Waals surface area contributed by atoms with Crippen LogP contribution in [0.3, 0.4) is 0 Å². The number of rotatable bonds is 3. The van der Waals surface area contributed by atoms with Crippen molar-refractivity contribution in [3.05, 3.63) is 35.9 Å². The lowest BCUT2D eigenvalue weighted by Crippen LogP contribution is -2.47. The van der Waals surface area contributed by atoms with Gasteiger partial charge in [0.15, 0.2) is 0 Å². The van der Waals surface area contributed by atoms with Crippen molar-refractivity contribution in [1.82, 2.24) is 10.2 Å². The zero-order valence-electron chi connectivity index (χ0n) is 10.6. The predicted molar refractivity (Wildman–Crippen MR) is 70.9 cm³/mol. The third-order valence-corrected chi connectivity index (χ3v) is 4.50. The fourth-order valence-corrected chi connectivity index (χ4v) is 3.56. The highest BCUT2D eigenvalue weighted by molar-refractivity contribution is 5.15. The standard InChI is InChI=1S/C15H22N2/c1-16-13-9-14-7-8-15(10-13)17(14)11-12-5-3-2-4-6-12/h2-6,13-16H,7-11H2,1H3/t14-,15-/m1/s1. The normalized spacial score (nSPS) is 32.9. The van der Waals surface area contributed by atoms with Gasteiger partial charge < -0.3 is 5.32 Å². The number of hydrogen-bond acceptors (Lipinski definition) is 2. The molecule has 2 aliphatic rings. The Kier molecular flexibility index (Phi) is 3.17. The van der Waals surface area contributed by atoms with E-state index in [1.54, 1.807) is 0 Å². The summed E-state index contributed by atoms with van der Waals surface area (Å²) in [6.07, 6.45) is 5.46. The lowest BCUT2D eigenvalue weighted by molar-refractivity contribution is 0.111. The molecule has 0 unspecified atom stereocenters. The molecule has 0 spiro atoms. The van der Waals surface area contributed by atoms with E-state index in [1.165, 1.54) is 31.2 Å². The van der Waals surface area contributed by atoms with Crippen LogP contribution in [0.1, 0.15) is 31.2 Å². The zero-order chi connectivity index (χ0) is 11.7. The van der Waals surface area contributed by atoms with Crippen LogP contribution in [-0.2, 0) is 6.54 Å². The van der Waals surface area contributed by atoms with Gasteiger partial charge in [0.2, 0.25) is 0 Å². The molecule has 0 radical (unpaired) electrons. The zero-order valence-corrected chi connectivity index (χ0v) is 10.6. The molecule has 0 aliphatic carbocycles. The Balaban J connectivity index is 1.69. The SMILES string of the molecule is CNC1C[C@H]2CC[C@H](C1)N2Cc1ccccc1. The summed E-state index contributed by atoms with van der Waals surface area (Å²) in [7, 11) is 2.11. The maximum absolute atomic E-state index is 3.46. The fraction of sp³-hybridized carbons (Fsp3) is 0.600. The van der Waals surface area contributed by atoms with Crippen molar-refractivity contribution < 1.29 is 0 Å². The van der Waals surface area contributed by atoms with Crippen molar-refractivity contribution >= 4 is 0 Å². The molecule has 2 atom stereocenters. The van der Waals surface area contributed by atoms with E-state index in [4.69, 9.17) is 0 Å². The van der Waals surface area contributed by atoms with E-state index in [0.717, 1.165) is 24.7 Å². The fourth-order valence-electron chi connectivity index (χ4n) is 3.56. The van der Waals surface area contributed by atoms with Gasteiger partial charge in [-0.1, -0.05) is 30.3 Å². The number of nitrogens with zero attached hydrogens (tertiary/aromatic N) is 1. The number of nitrogens with one attached hydrogen (secondary N) is 1. The van der Waals surface area contributed by atoms with Crippen molar-refractivity contribution in [2.75, 3.05) is 7.05 Å². The summed E-state index contributed by atoms with van der Waals surface area (Å²) in [5.41, 5.74) is 1.47. The van der Waals surface area contributed by atoms with Gasteiger partial charge in [-0.2, -0.15) is 0 Å². The molecule has 2 saturated heterocycles. The Labute approximate surface area is 104 Å². The van der Waals surface area contributed by atoms with Gasteiger partial charge in [-0.25, -0.2) is 0 Å². The van der Waals surface area contributed by atoms with Crippen LogP contribution in [0.4, 0.5) is 0 Å². The highest BCUT2D eigenvalue weighted by Gasteiger charge is 2.39. The van der Waals surface area contributed by atoms with E-state index in [1.807, 2.05) is 0 Å². The Morgan fingerprint density at radius 2 is 1.76 bits per heavy atom. The van der Waals surface area contributed by atoms with Crippen LogP contribution in [0.25, 0.3) is 0 Å². The predicted octanol–water partition coefficient (Wildman–Crippen LogP) is 2.40. The van der Waals surface area contributed by atoms with Crippen LogP contribution >= 0.6 is 0 Å². The molecule has 2 nitrogen and oxygen atoms in total. The molecule has 2 fully saturated rings. The Morgan fingerprint density at radius 1 is 1.12 bits per heavy atom. The molecule has 0 aromatic heterocycles. The maximum Gasteiger partial charge on any atom is 0.0239 e. The van der Waals surface area contributed by atoms with Crippen LogP contribution in [0.2, 0.25) is 0 Å². The lowest BCUT2D eigenvalue weighted by Gasteiger charge is -2.39. The lowest BCUT2D eigenvalue weighted by atomic mass is 9.97. The first kappa shape index (κ1) is 11.2. The number of benzene rings is 1. The minimum atomic E-state index is 0.750. The average molecular weight is 230 g/mol. The van der Waals surface area contributed by atoms with Gasteiger partial charge in [0.1, 0.15) is 0 Å². The summed E-state index contributed by atoms with van der Waals surface area (Å²) < 4.78 is 0. The third-order valence-electron chi connectivity index (χ3n) is 4.50. The Hall–Kier alpha value is -0.860. The van der Waals surface area contributed by atoms with Gasteiger partial charge in [0.25, 0.3) is 0 Å². The van der Waals surface area contributed by atoms with Crippen molar-refractivity contribution in [3.63, 3.8) is 0 Å². The van der Waals surface area contributed by atoms with Crippen molar-refractivity contribution in [1.29, 1.82) is 0 Å². The molecule has 2 aliphatic heterocycles. The van der Waals surface area contributed by atoms with Gasteiger partial charge >= 0.3 is 0 Å². The van der Waals surface area contributed by atoms with E-state index in [0.29, 0.717) is 0 Å². The topological polar surface area (TPSA) is 15.3 Å². The summed E-state index contributed by atoms with van der Waals surface area (Å²) in [5, 5.41) is 3.46. The van der Waals surface area contributed by atoms with Crippen LogP contribution in [0.15, 0.2) is 30.3 Å². The van der Waals surface area contributed by atoms with Crippen molar-refractivity contribution in [2.24, 2.45) is 0 Å². The van der Waals surface area contributed by atoms with Crippen LogP contribution < -0.4 is 5.32 Å². The summed E-state index contributed by atoms with van der Waals surface area (Å²) in [6.45, 7) is 1.15. The molecule has 2 bridgehead atoms. The molecule has 2 heteroatoms. The largest absolute Gasteiger partial charge is 0.317 e. The Bertz CT molecular complexity index is 348. The van der Waals surface area contributed by atoms with Crippen LogP contribution in [0.5, 0.6) is 0 Å². The first-order valence-corrected chi connectivity index (χ1v) is 6.84. The summed E-state index contributed by atoms with van der Waals surface area (Å²) in [6, 6.07) is 13.3.